The second-order valence-electron chi connectivity index (χ2n) is 23.3. The molecule has 0 amide bonds. The Balaban J connectivity index is 0.000000139. The third kappa shape index (κ3) is 12.5. The number of hydrogen-bond donors (Lipinski definition) is 0. The SMILES string of the molecule is Brc1ccc(-c2ccc(-c3ccc4c(c3)c3ccccc3n4-c3ccc(-c4ccccc4)cc3)cc2)cc1.Brc1ccc(-c2ccc(I)cc2)cc1.C.CC1(C)OB(c2ccc3c(c2)c2ccccc2n3C2=CC=C(C3=CC=CCC3)CC2)OC1(C)C. The highest BCUT2D eigenvalue weighted by Gasteiger charge is 2.51. The molecule has 1 fully saturated rings. The molecule has 0 saturated carbocycles. The summed E-state index contributed by atoms with van der Waals surface area (Å²) >= 11 is 9.27. The third-order valence-electron chi connectivity index (χ3n) is 17.4. The second-order valence-corrected chi connectivity index (χ2v) is 26.4. The Morgan fingerprint density at radius 3 is 1.39 bits per heavy atom. The van der Waals surface area contributed by atoms with E-state index in [1.54, 1.807) is 0 Å². The summed E-state index contributed by atoms with van der Waals surface area (Å²) in [6, 6.07) is 84.6. The fourth-order valence-corrected chi connectivity index (χ4v) is 12.9. The lowest BCUT2D eigenvalue weighted by Crippen LogP contribution is -2.41. The van der Waals surface area contributed by atoms with Gasteiger partial charge in [-0.1, -0.05) is 221 Å². The Morgan fingerprint density at radius 1 is 0.402 bits per heavy atom. The van der Waals surface area contributed by atoms with Crippen LogP contribution in [0.25, 0.3) is 99.5 Å². The van der Waals surface area contributed by atoms with Crippen molar-refractivity contribution in [2.45, 2.75) is 72.0 Å². The van der Waals surface area contributed by atoms with Gasteiger partial charge in [0.05, 0.1) is 33.3 Å². The Bertz CT molecular complexity index is 4520. The van der Waals surface area contributed by atoms with E-state index in [0.717, 1.165) is 40.1 Å². The van der Waals surface area contributed by atoms with Gasteiger partial charge < -0.3 is 18.4 Å². The van der Waals surface area contributed by atoms with Gasteiger partial charge in [0.1, 0.15) is 0 Å². The Kier molecular flexibility index (Phi) is 17.6. The molecule has 1 saturated heterocycles. The van der Waals surface area contributed by atoms with Gasteiger partial charge in [0.15, 0.2) is 0 Å². The highest BCUT2D eigenvalue weighted by atomic mass is 127. The highest BCUT2D eigenvalue weighted by Crippen LogP contribution is 2.41. The molecule has 87 heavy (non-hydrogen) atoms. The van der Waals surface area contributed by atoms with Crippen molar-refractivity contribution >= 4 is 116 Å². The number of hydrogen-bond acceptors (Lipinski definition) is 2. The summed E-state index contributed by atoms with van der Waals surface area (Å²) in [4.78, 5) is 0. The number of fused-ring (bicyclic) bond motifs is 6. The van der Waals surface area contributed by atoms with Crippen LogP contribution in [-0.2, 0) is 9.31 Å². The predicted molar refractivity (Wildman–Crippen MR) is 387 cm³/mol. The molecule has 0 N–H and O–H groups in total. The molecule has 0 atom stereocenters. The smallest absolute Gasteiger partial charge is 0.399 e. The molecule has 430 valence electrons. The average Bonchev–Trinajstić information content (AvgIpc) is 2.17. The van der Waals surface area contributed by atoms with Crippen molar-refractivity contribution in [3.63, 3.8) is 0 Å². The maximum absolute atomic E-state index is 6.35. The third-order valence-corrected chi connectivity index (χ3v) is 19.2. The molecular formula is C79H68BBr2IN2O2. The van der Waals surface area contributed by atoms with Crippen LogP contribution in [0.5, 0.6) is 0 Å². The van der Waals surface area contributed by atoms with Crippen molar-refractivity contribution in [3.8, 4) is 50.2 Å². The molecule has 10 aromatic carbocycles. The first-order valence-corrected chi connectivity index (χ1v) is 32.2. The van der Waals surface area contributed by atoms with Crippen LogP contribution >= 0.6 is 54.5 Å². The molecule has 15 rings (SSSR count). The summed E-state index contributed by atoms with van der Waals surface area (Å²) in [6.45, 7) is 8.42. The fourth-order valence-electron chi connectivity index (χ4n) is 12.0. The van der Waals surface area contributed by atoms with Crippen LogP contribution in [0.1, 0.15) is 60.8 Å². The van der Waals surface area contributed by atoms with E-state index in [1.807, 2.05) is 0 Å². The summed E-state index contributed by atoms with van der Waals surface area (Å²) in [5.74, 6) is 0. The number of para-hydroxylation sites is 2. The Morgan fingerprint density at radius 2 is 0.839 bits per heavy atom. The topological polar surface area (TPSA) is 28.3 Å². The van der Waals surface area contributed by atoms with E-state index >= 15 is 0 Å². The molecule has 1 aliphatic heterocycles. The molecule has 3 heterocycles. The number of halogens is 3. The summed E-state index contributed by atoms with van der Waals surface area (Å²) < 4.78 is 21.0. The van der Waals surface area contributed by atoms with Crippen molar-refractivity contribution in [1.29, 1.82) is 0 Å². The van der Waals surface area contributed by atoms with Gasteiger partial charge in [0.25, 0.3) is 0 Å². The minimum absolute atomic E-state index is 0. The van der Waals surface area contributed by atoms with Gasteiger partial charge in [0, 0.05) is 45.4 Å². The molecule has 8 heteroatoms. The van der Waals surface area contributed by atoms with E-state index in [-0.39, 0.29) is 25.7 Å². The van der Waals surface area contributed by atoms with Crippen molar-refractivity contribution in [2.24, 2.45) is 0 Å². The summed E-state index contributed by atoms with van der Waals surface area (Å²) in [6.07, 6.45) is 15.8. The normalized spacial score (nSPS) is 15.0. The van der Waals surface area contributed by atoms with Crippen molar-refractivity contribution in [2.75, 3.05) is 0 Å². The number of aromatic nitrogens is 2. The maximum atomic E-state index is 6.35. The second kappa shape index (κ2) is 25.6. The molecule has 4 nitrogen and oxygen atoms in total. The minimum Gasteiger partial charge on any atom is -0.399 e. The minimum atomic E-state index is -0.353. The summed E-state index contributed by atoms with van der Waals surface area (Å²) in [5, 5.41) is 5.05. The van der Waals surface area contributed by atoms with Crippen LogP contribution in [0.2, 0.25) is 0 Å². The van der Waals surface area contributed by atoms with Gasteiger partial charge in [-0.25, -0.2) is 0 Å². The Labute approximate surface area is 543 Å². The quantitative estimate of drug-likeness (QED) is 0.112. The van der Waals surface area contributed by atoms with Gasteiger partial charge in [-0.2, -0.15) is 0 Å². The van der Waals surface area contributed by atoms with Crippen LogP contribution in [0, 0.1) is 3.57 Å². The van der Waals surface area contributed by atoms with Gasteiger partial charge in [-0.05, 0) is 222 Å². The number of rotatable bonds is 8. The van der Waals surface area contributed by atoms with Crippen LogP contribution in [-0.4, -0.2) is 27.5 Å². The van der Waals surface area contributed by atoms with Crippen LogP contribution in [0.3, 0.4) is 0 Å². The average molecular weight is 1370 g/mol. The monoisotopic (exact) mass is 1370 g/mol. The zero-order valence-corrected chi connectivity index (χ0v) is 54.0. The van der Waals surface area contributed by atoms with E-state index in [1.165, 1.54) is 114 Å². The van der Waals surface area contributed by atoms with E-state index in [4.69, 9.17) is 9.31 Å². The zero-order chi connectivity index (χ0) is 58.9. The van der Waals surface area contributed by atoms with Crippen molar-refractivity contribution in [3.05, 3.63) is 291 Å². The molecule has 0 unspecified atom stereocenters. The predicted octanol–water partition coefficient (Wildman–Crippen LogP) is 22.8. The van der Waals surface area contributed by atoms with Crippen LogP contribution in [0.15, 0.2) is 287 Å². The largest absolute Gasteiger partial charge is 0.494 e. The lowest BCUT2D eigenvalue weighted by molar-refractivity contribution is 0.00578. The standard InChI is InChI=1S/C36H24BrN.C30H32BNO2.C12H8BrI.CH4/c37-31-19-14-27(15-20-31)26-10-12-29(13-11-26)30-18-23-36-34(24-30)33-8-4-5-9-35(33)38(36)32-21-16-28(17-22-32)25-6-2-1-3-7-25;1-29(2)30(3,4)34-31(33-29)23-16-19-28-26(20-23)25-12-8-9-13-27(25)32(28)24-17-14-22(15-18-24)21-10-6-5-7-11-21;13-11-5-1-9(2-6-11)10-3-7-12(14)8-4-10;/h1-24H;5-6,8-10,12-14,16-17,19-20H,7,11,15,18H2,1-4H3;1-8H;1H4. The molecular weight excluding hydrogens is 1310 g/mol. The molecule has 2 aromatic heterocycles. The maximum Gasteiger partial charge on any atom is 0.494 e. The van der Waals surface area contributed by atoms with Gasteiger partial charge in [-0.3, -0.25) is 0 Å². The lowest BCUT2D eigenvalue weighted by Gasteiger charge is -2.32. The fraction of sp³-hybridized carbons (Fsp3) is 0.139. The first-order chi connectivity index (χ1) is 41.8. The number of allylic oxidation sites excluding steroid dienone is 8. The molecule has 12 aromatic rings. The van der Waals surface area contributed by atoms with E-state index in [0.29, 0.717) is 0 Å². The van der Waals surface area contributed by atoms with Crippen LogP contribution < -0.4 is 5.46 Å². The van der Waals surface area contributed by atoms with Crippen molar-refractivity contribution < 1.29 is 9.31 Å². The number of nitrogens with zero attached hydrogens (tertiary/aromatic N) is 2. The molecule has 3 aliphatic rings. The van der Waals surface area contributed by atoms with E-state index in [2.05, 4.69) is 358 Å². The van der Waals surface area contributed by atoms with Gasteiger partial charge in [-0.15, -0.1) is 0 Å². The first kappa shape index (κ1) is 59.8. The van der Waals surface area contributed by atoms with Gasteiger partial charge in [0.2, 0.25) is 0 Å². The lowest BCUT2D eigenvalue weighted by atomic mass is 9.78. The Hall–Kier alpha value is -7.57. The van der Waals surface area contributed by atoms with Gasteiger partial charge >= 0.3 is 7.12 Å². The molecule has 0 spiro atoms. The first-order valence-electron chi connectivity index (χ1n) is 29.6. The van der Waals surface area contributed by atoms with Crippen molar-refractivity contribution in [1.82, 2.24) is 9.13 Å². The molecule has 0 bridgehead atoms. The highest BCUT2D eigenvalue weighted by molar-refractivity contribution is 14.1. The summed E-state index contributed by atoms with van der Waals surface area (Å²) in [7, 11) is -0.353. The number of benzene rings is 10. The molecule has 2 aliphatic carbocycles. The van der Waals surface area contributed by atoms with E-state index < -0.39 is 0 Å². The van der Waals surface area contributed by atoms with E-state index in [9.17, 15) is 0 Å². The summed E-state index contributed by atoms with van der Waals surface area (Å²) in [5.41, 5.74) is 20.7. The molecule has 0 radical (unpaired) electrons. The van der Waals surface area contributed by atoms with Crippen LogP contribution in [0.4, 0.5) is 0 Å². The zero-order valence-electron chi connectivity index (χ0n) is 48.7.